The van der Waals surface area contributed by atoms with Gasteiger partial charge in [-0.15, -0.1) is 0 Å². The third-order valence-electron chi connectivity index (χ3n) is 3.46. The largest absolute Gasteiger partial charge is 0.465 e. The van der Waals surface area contributed by atoms with E-state index in [9.17, 15) is 9.59 Å². The molecule has 0 radical (unpaired) electrons. The fourth-order valence-electron chi connectivity index (χ4n) is 2.29. The van der Waals surface area contributed by atoms with Crippen LogP contribution < -0.4 is 4.90 Å². The van der Waals surface area contributed by atoms with Crippen molar-refractivity contribution in [2.75, 3.05) is 51.9 Å². The Labute approximate surface area is 124 Å². The summed E-state index contributed by atoms with van der Waals surface area (Å²) in [5.41, 5.74) is 1.14. The standard InChI is InChI=1S/C15H20N2O4/c1-16(11-14(18)17-7-9-21-10-8-17)13-6-4-3-5-12(13)15(19)20-2/h3-6H,7-11H2,1-2H3. The number of carbonyl (C=O) groups excluding carboxylic acids is 2. The van der Waals surface area contributed by atoms with Gasteiger partial charge in [0.05, 0.1) is 38.1 Å². The normalized spacial score (nSPS) is 14.7. The predicted molar refractivity (Wildman–Crippen MR) is 78.5 cm³/mol. The Kier molecular flexibility index (Phi) is 5.16. The van der Waals surface area contributed by atoms with Crippen molar-refractivity contribution in [2.24, 2.45) is 0 Å². The highest BCUT2D eigenvalue weighted by molar-refractivity contribution is 5.96. The van der Waals surface area contributed by atoms with Crippen LogP contribution in [0.2, 0.25) is 0 Å². The molecular weight excluding hydrogens is 272 g/mol. The van der Waals surface area contributed by atoms with Crippen molar-refractivity contribution in [3.63, 3.8) is 0 Å². The van der Waals surface area contributed by atoms with Crippen LogP contribution in [0, 0.1) is 0 Å². The van der Waals surface area contributed by atoms with E-state index in [0.29, 0.717) is 37.6 Å². The Hall–Kier alpha value is -2.08. The second kappa shape index (κ2) is 7.08. The molecule has 6 nitrogen and oxygen atoms in total. The SMILES string of the molecule is COC(=O)c1ccccc1N(C)CC(=O)N1CCOCC1. The molecular formula is C15H20N2O4. The van der Waals surface area contributed by atoms with Crippen LogP contribution >= 0.6 is 0 Å². The zero-order valence-corrected chi connectivity index (χ0v) is 12.4. The molecule has 1 saturated heterocycles. The van der Waals surface area contributed by atoms with Crippen molar-refractivity contribution in [1.82, 2.24) is 4.90 Å². The maximum absolute atomic E-state index is 12.2. The molecule has 0 atom stereocenters. The molecule has 0 spiro atoms. The third-order valence-corrected chi connectivity index (χ3v) is 3.46. The minimum absolute atomic E-state index is 0.0282. The Bertz CT molecular complexity index is 512. The maximum Gasteiger partial charge on any atom is 0.339 e. The number of morpholine rings is 1. The summed E-state index contributed by atoms with van der Waals surface area (Å²) >= 11 is 0. The van der Waals surface area contributed by atoms with E-state index >= 15 is 0 Å². The third kappa shape index (κ3) is 3.72. The van der Waals surface area contributed by atoms with Crippen LogP contribution in [-0.2, 0) is 14.3 Å². The minimum atomic E-state index is -0.406. The van der Waals surface area contributed by atoms with Gasteiger partial charge in [-0.25, -0.2) is 4.79 Å². The van der Waals surface area contributed by atoms with Crippen molar-refractivity contribution >= 4 is 17.6 Å². The molecule has 1 aliphatic rings. The van der Waals surface area contributed by atoms with E-state index in [-0.39, 0.29) is 12.5 Å². The monoisotopic (exact) mass is 292 g/mol. The average Bonchev–Trinajstić information content (AvgIpc) is 2.54. The maximum atomic E-state index is 12.2. The first kappa shape index (κ1) is 15.3. The van der Waals surface area contributed by atoms with Crippen LogP contribution in [0.4, 0.5) is 5.69 Å². The Morgan fingerprint density at radius 2 is 1.95 bits per heavy atom. The van der Waals surface area contributed by atoms with E-state index < -0.39 is 5.97 Å². The molecule has 1 heterocycles. The van der Waals surface area contributed by atoms with Gasteiger partial charge in [0.1, 0.15) is 0 Å². The van der Waals surface area contributed by atoms with Crippen molar-refractivity contribution in [2.45, 2.75) is 0 Å². The van der Waals surface area contributed by atoms with Gasteiger partial charge < -0.3 is 19.3 Å². The number of ether oxygens (including phenoxy) is 2. The number of esters is 1. The molecule has 1 fully saturated rings. The first-order valence-electron chi connectivity index (χ1n) is 6.87. The number of rotatable bonds is 4. The summed E-state index contributed by atoms with van der Waals surface area (Å²) in [6.45, 7) is 2.60. The van der Waals surface area contributed by atoms with Gasteiger partial charge in [0, 0.05) is 20.1 Å². The van der Waals surface area contributed by atoms with Crippen molar-refractivity contribution in [3.05, 3.63) is 29.8 Å². The molecule has 0 aromatic heterocycles. The van der Waals surface area contributed by atoms with Crippen LogP contribution in [0.5, 0.6) is 0 Å². The van der Waals surface area contributed by atoms with Gasteiger partial charge in [0.15, 0.2) is 0 Å². The van der Waals surface area contributed by atoms with Gasteiger partial charge in [0.25, 0.3) is 0 Å². The van der Waals surface area contributed by atoms with Crippen LogP contribution in [0.3, 0.4) is 0 Å². The number of amides is 1. The highest BCUT2D eigenvalue weighted by atomic mass is 16.5. The number of anilines is 1. The summed E-state index contributed by atoms with van der Waals surface area (Å²) < 4.78 is 10.0. The number of hydrogen-bond acceptors (Lipinski definition) is 5. The molecule has 1 aliphatic heterocycles. The molecule has 21 heavy (non-hydrogen) atoms. The molecule has 0 unspecified atom stereocenters. The quantitative estimate of drug-likeness (QED) is 0.767. The Morgan fingerprint density at radius 3 is 2.62 bits per heavy atom. The Morgan fingerprint density at radius 1 is 1.29 bits per heavy atom. The van der Waals surface area contributed by atoms with E-state index in [4.69, 9.17) is 9.47 Å². The number of methoxy groups -OCH3 is 1. The summed E-state index contributed by atoms with van der Waals surface area (Å²) in [4.78, 5) is 27.6. The molecule has 114 valence electrons. The lowest BCUT2D eigenvalue weighted by molar-refractivity contribution is -0.133. The molecule has 0 bridgehead atoms. The second-order valence-electron chi connectivity index (χ2n) is 4.86. The van der Waals surface area contributed by atoms with E-state index in [1.165, 1.54) is 7.11 Å². The van der Waals surface area contributed by atoms with Crippen LogP contribution in [-0.4, -0.2) is 63.8 Å². The number of nitrogens with zero attached hydrogens (tertiary/aromatic N) is 2. The van der Waals surface area contributed by atoms with Crippen molar-refractivity contribution < 1.29 is 19.1 Å². The molecule has 0 saturated carbocycles. The van der Waals surface area contributed by atoms with E-state index in [1.54, 1.807) is 35.0 Å². The second-order valence-corrected chi connectivity index (χ2v) is 4.86. The van der Waals surface area contributed by atoms with E-state index in [0.717, 1.165) is 0 Å². The summed E-state index contributed by atoms with van der Waals surface area (Å²) in [5, 5.41) is 0. The lowest BCUT2D eigenvalue weighted by Crippen LogP contribution is -2.45. The summed E-state index contributed by atoms with van der Waals surface area (Å²) in [6, 6.07) is 7.10. The number of benzene rings is 1. The summed E-state index contributed by atoms with van der Waals surface area (Å²) in [6.07, 6.45) is 0. The molecule has 1 aromatic rings. The number of carbonyl (C=O) groups is 2. The van der Waals surface area contributed by atoms with E-state index in [2.05, 4.69) is 0 Å². The predicted octanol–water partition coefficient (Wildman–Crippen LogP) is 0.768. The number of likely N-dealkylation sites (N-methyl/N-ethyl adjacent to an activating group) is 1. The van der Waals surface area contributed by atoms with Crippen LogP contribution in [0.15, 0.2) is 24.3 Å². The molecule has 1 amide bonds. The van der Waals surface area contributed by atoms with Gasteiger partial charge in [-0.05, 0) is 12.1 Å². The zero-order valence-electron chi connectivity index (χ0n) is 12.4. The van der Waals surface area contributed by atoms with Crippen molar-refractivity contribution in [1.29, 1.82) is 0 Å². The first-order chi connectivity index (χ1) is 10.1. The highest BCUT2D eigenvalue weighted by Crippen LogP contribution is 2.20. The molecule has 6 heteroatoms. The molecule has 2 rings (SSSR count). The summed E-state index contributed by atoms with van der Waals surface area (Å²) in [5.74, 6) is -0.378. The number of hydrogen-bond donors (Lipinski definition) is 0. The van der Waals surface area contributed by atoms with Gasteiger partial charge in [0.2, 0.25) is 5.91 Å². The van der Waals surface area contributed by atoms with Crippen molar-refractivity contribution in [3.8, 4) is 0 Å². The highest BCUT2D eigenvalue weighted by Gasteiger charge is 2.20. The fourth-order valence-corrected chi connectivity index (χ4v) is 2.29. The number of para-hydroxylation sites is 1. The summed E-state index contributed by atoms with van der Waals surface area (Å²) in [7, 11) is 3.14. The topological polar surface area (TPSA) is 59.1 Å². The van der Waals surface area contributed by atoms with Gasteiger partial charge in [-0.3, -0.25) is 4.79 Å². The first-order valence-corrected chi connectivity index (χ1v) is 6.87. The molecule has 0 aliphatic carbocycles. The van der Waals surface area contributed by atoms with Crippen LogP contribution in [0.25, 0.3) is 0 Å². The van der Waals surface area contributed by atoms with Gasteiger partial charge in [-0.2, -0.15) is 0 Å². The van der Waals surface area contributed by atoms with Gasteiger partial charge >= 0.3 is 5.97 Å². The van der Waals surface area contributed by atoms with Gasteiger partial charge in [-0.1, -0.05) is 12.1 Å². The molecule has 0 N–H and O–H groups in total. The average molecular weight is 292 g/mol. The zero-order chi connectivity index (χ0) is 15.2. The Balaban J connectivity index is 2.07. The lowest BCUT2D eigenvalue weighted by atomic mass is 10.1. The van der Waals surface area contributed by atoms with E-state index in [1.807, 2.05) is 6.07 Å². The minimum Gasteiger partial charge on any atom is -0.465 e. The molecule has 1 aromatic carbocycles. The van der Waals surface area contributed by atoms with Crippen LogP contribution in [0.1, 0.15) is 10.4 Å². The fraction of sp³-hybridized carbons (Fsp3) is 0.467. The lowest BCUT2D eigenvalue weighted by Gasteiger charge is -2.29. The smallest absolute Gasteiger partial charge is 0.339 e.